The fourth-order valence-corrected chi connectivity index (χ4v) is 2.88. The third kappa shape index (κ3) is 2.27. The van der Waals surface area contributed by atoms with Gasteiger partial charge in [-0.3, -0.25) is 0 Å². The minimum atomic E-state index is 0.282. The lowest BCUT2D eigenvalue weighted by Gasteiger charge is -2.30. The number of nitrogens with zero attached hydrogens (tertiary/aromatic N) is 1. The highest BCUT2D eigenvalue weighted by atomic mass is 15.0. The normalized spacial score (nSPS) is 34.2. The monoisotopic (exact) mass is 192 g/mol. The number of hydrogen-bond acceptors (Lipinski definition) is 2. The van der Waals surface area contributed by atoms with E-state index in [-0.39, 0.29) is 5.92 Å². The zero-order valence-electron chi connectivity index (χ0n) is 8.84. The summed E-state index contributed by atoms with van der Waals surface area (Å²) in [6.45, 7) is 0. The van der Waals surface area contributed by atoms with E-state index in [0.29, 0.717) is 12.1 Å². The minimum absolute atomic E-state index is 0.282. The van der Waals surface area contributed by atoms with Crippen LogP contribution in [-0.2, 0) is 0 Å². The topological polar surface area (TPSA) is 35.8 Å². The molecule has 0 aromatic heterocycles. The van der Waals surface area contributed by atoms with Gasteiger partial charge < -0.3 is 5.32 Å². The van der Waals surface area contributed by atoms with Gasteiger partial charge in [-0.25, -0.2) is 0 Å². The van der Waals surface area contributed by atoms with E-state index >= 15 is 0 Å². The van der Waals surface area contributed by atoms with Crippen molar-refractivity contribution in [2.75, 3.05) is 0 Å². The van der Waals surface area contributed by atoms with E-state index in [9.17, 15) is 0 Å². The second-order valence-electron chi connectivity index (χ2n) is 4.77. The summed E-state index contributed by atoms with van der Waals surface area (Å²) in [4.78, 5) is 0. The van der Waals surface area contributed by atoms with E-state index in [1.165, 1.54) is 44.9 Å². The van der Waals surface area contributed by atoms with E-state index in [4.69, 9.17) is 5.26 Å². The molecule has 0 bridgehead atoms. The second-order valence-corrected chi connectivity index (χ2v) is 4.77. The first-order chi connectivity index (χ1) is 6.90. The van der Waals surface area contributed by atoms with Gasteiger partial charge in [-0.2, -0.15) is 5.26 Å². The van der Waals surface area contributed by atoms with Gasteiger partial charge in [-0.15, -0.1) is 0 Å². The summed E-state index contributed by atoms with van der Waals surface area (Å²) in [6, 6.07) is 3.68. The summed E-state index contributed by atoms with van der Waals surface area (Å²) in [6.07, 6.45) is 10.3. The van der Waals surface area contributed by atoms with Crippen LogP contribution in [0, 0.1) is 17.2 Å². The first-order valence-corrected chi connectivity index (χ1v) is 6.06. The molecule has 0 radical (unpaired) electrons. The van der Waals surface area contributed by atoms with Gasteiger partial charge in [0.05, 0.1) is 12.0 Å². The van der Waals surface area contributed by atoms with Crippen LogP contribution in [0.15, 0.2) is 0 Å². The van der Waals surface area contributed by atoms with Crippen LogP contribution in [0.4, 0.5) is 0 Å². The maximum atomic E-state index is 9.05. The number of rotatable bonds is 2. The third-order valence-electron chi connectivity index (χ3n) is 3.74. The molecule has 0 heterocycles. The Labute approximate surface area is 86.7 Å². The van der Waals surface area contributed by atoms with Gasteiger partial charge in [0.15, 0.2) is 0 Å². The molecule has 0 spiro atoms. The van der Waals surface area contributed by atoms with Crippen molar-refractivity contribution in [1.82, 2.24) is 5.32 Å². The quantitative estimate of drug-likeness (QED) is 0.730. The van der Waals surface area contributed by atoms with Crippen molar-refractivity contribution in [3.63, 3.8) is 0 Å². The van der Waals surface area contributed by atoms with Crippen LogP contribution in [0.5, 0.6) is 0 Å². The lowest BCUT2D eigenvalue weighted by atomic mass is 9.85. The molecule has 2 unspecified atom stereocenters. The van der Waals surface area contributed by atoms with Gasteiger partial charge in [0.1, 0.15) is 0 Å². The third-order valence-corrected chi connectivity index (χ3v) is 3.74. The molecular formula is C12H20N2. The number of nitrogens with one attached hydrogen (secondary N) is 1. The van der Waals surface area contributed by atoms with Gasteiger partial charge in [-0.1, -0.05) is 25.7 Å². The molecule has 2 atom stereocenters. The van der Waals surface area contributed by atoms with Crippen molar-refractivity contribution in [3.05, 3.63) is 0 Å². The van der Waals surface area contributed by atoms with Crippen molar-refractivity contribution >= 4 is 0 Å². The average Bonchev–Trinajstić information content (AvgIpc) is 2.71. The Bertz CT molecular complexity index is 213. The predicted octanol–water partition coefficient (Wildman–Crippen LogP) is 2.60. The van der Waals surface area contributed by atoms with Crippen LogP contribution in [0.25, 0.3) is 0 Å². The Morgan fingerprint density at radius 3 is 2.29 bits per heavy atom. The van der Waals surface area contributed by atoms with Crippen LogP contribution >= 0.6 is 0 Å². The summed E-state index contributed by atoms with van der Waals surface area (Å²) >= 11 is 0. The van der Waals surface area contributed by atoms with Crippen molar-refractivity contribution in [3.8, 4) is 6.07 Å². The highest BCUT2D eigenvalue weighted by molar-refractivity contribution is 4.96. The summed E-state index contributed by atoms with van der Waals surface area (Å²) in [5, 5.41) is 12.7. The number of hydrogen-bond donors (Lipinski definition) is 1. The van der Waals surface area contributed by atoms with Crippen molar-refractivity contribution < 1.29 is 0 Å². The lowest BCUT2D eigenvalue weighted by Crippen LogP contribution is -2.42. The molecule has 0 aromatic carbocycles. The Hall–Kier alpha value is -0.550. The van der Waals surface area contributed by atoms with Gasteiger partial charge in [0.25, 0.3) is 0 Å². The van der Waals surface area contributed by atoms with Crippen molar-refractivity contribution in [2.24, 2.45) is 5.92 Å². The zero-order valence-corrected chi connectivity index (χ0v) is 8.84. The molecule has 2 saturated carbocycles. The van der Waals surface area contributed by atoms with Crippen LogP contribution < -0.4 is 5.32 Å². The molecule has 2 fully saturated rings. The van der Waals surface area contributed by atoms with Crippen LogP contribution in [0.3, 0.4) is 0 Å². The van der Waals surface area contributed by atoms with Crippen LogP contribution in [0.2, 0.25) is 0 Å². The van der Waals surface area contributed by atoms with Gasteiger partial charge in [0, 0.05) is 12.1 Å². The molecule has 0 amide bonds. The molecule has 1 N–H and O–H groups in total. The molecular weight excluding hydrogens is 172 g/mol. The maximum absolute atomic E-state index is 9.05. The summed E-state index contributed by atoms with van der Waals surface area (Å²) < 4.78 is 0. The fourth-order valence-electron chi connectivity index (χ4n) is 2.88. The molecule has 2 rings (SSSR count). The van der Waals surface area contributed by atoms with E-state index < -0.39 is 0 Å². The molecule has 0 aliphatic heterocycles. The smallest absolute Gasteiger partial charge is 0.0672 e. The average molecular weight is 192 g/mol. The standard InChI is InChI=1S/C12H20N2/c13-9-10-5-1-4-8-12(10)14-11-6-2-3-7-11/h10-12,14H,1-8H2. The van der Waals surface area contributed by atoms with Gasteiger partial charge in [0.2, 0.25) is 0 Å². The molecule has 2 aliphatic rings. The maximum Gasteiger partial charge on any atom is 0.0672 e. The van der Waals surface area contributed by atoms with Crippen molar-refractivity contribution in [1.29, 1.82) is 5.26 Å². The highest BCUT2D eigenvalue weighted by Crippen LogP contribution is 2.26. The lowest BCUT2D eigenvalue weighted by molar-refractivity contribution is 0.286. The molecule has 78 valence electrons. The Morgan fingerprint density at radius 1 is 0.929 bits per heavy atom. The molecule has 2 aliphatic carbocycles. The van der Waals surface area contributed by atoms with Crippen LogP contribution in [0.1, 0.15) is 51.4 Å². The summed E-state index contributed by atoms with van der Waals surface area (Å²) in [7, 11) is 0. The minimum Gasteiger partial charge on any atom is -0.310 e. The molecule has 0 saturated heterocycles. The van der Waals surface area contributed by atoms with E-state index in [0.717, 1.165) is 6.42 Å². The van der Waals surface area contributed by atoms with E-state index in [2.05, 4.69) is 11.4 Å². The van der Waals surface area contributed by atoms with E-state index in [1.807, 2.05) is 0 Å². The summed E-state index contributed by atoms with van der Waals surface area (Å²) in [5.74, 6) is 0.282. The first-order valence-electron chi connectivity index (χ1n) is 6.06. The number of nitriles is 1. The molecule has 14 heavy (non-hydrogen) atoms. The highest BCUT2D eigenvalue weighted by Gasteiger charge is 2.27. The SMILES string of the molecule is N#CC1CCCCC1NC1CCCC1. The Balaban J connectivity index is 1.84. The molecule has 0 aromatic rings. The first kappa shape index (κ1) is 9.98. The molecule has 2 heteroatoms. The van der Waals surface area contributed by atoms with Gasteiger partial charge >= 0.3 is 0 Å². The Kier molecular flexibility index (Phi) is 3.42. The van der Waals surface area contributed by atoms with Gasteiger partial charge in [-0.05, 0) is 25.7 Å². The summed E-state index contributed by atoms with van der Waals surface area (Å²) in [5.41, 5.74) is 0. The second kappa shape index (κ2) is 4.79. The fraction of sp³-hybridized carbons (Fsp3) is 0.917. The zero-order chi connectivity index (χ0) is 9.80. The predicted molar refractivity (Wildman–Crippen MR) is 56.8 cm³/mol. The van der Waals surface area contributed by atoms with E-state index in [1.54, 1.807) is 0 Å². The van der Waals surface area contributed by atoms with Crippen LogP contribution in [-0.4, -0.2) is 12.1 Å². The van der Waals surface area contributed by atoms with Crippen molar-refractivity contribution in [2.45, 2.75) is 63.5 Å². The molecule has 2 nitrogen and oxygen atoms in total. The Morgan fingerprint density at radius 2 is 1.57 bits per heavy atom. The largest absolute Gasteiger partial charge is 0.310 e.